The lowest BCUT2D eigenvalue weighted by molar-refractivity contribution is -0.143. The molecular weight excluding hydrogens is 791 g/mol. The van der Waals surface area contributed by atoms with Gasteiger partial charge in [-0.2, -0.15) is 0 Å². The lowest BCUT2D eigenvalue weighted by Gasteiger charge is -2.22. The van der Waals surface area contributed by atoms with Gasteiger partial charge >= 0.3 is 5.97 Å². The normalized spacial score (nSPS) is 12.8. The van der Waals surface area contributed by atoms with Gasteiger partial charge in [0.1, 0.15) is 0 Å². The number of allylic oxidation sites excluding steroid dienone is 4. The first-order valence-electron chi connectivity index (χ1n) is 28.6. The Hall–Kier alpha value is -1.66. The summed E-state index contributed by atoms with van der Waals surface area (Å²) >= 11 is 0. The van der Waals surface area contributed by atoms with Crippen molar-refractivity contribution in [2.24, 2.45) is 0 Å². The molecule has 3 N–H and O–H groups in total. The smallest absolute Gasteiger partial charge is 0.305 e. The molecule has 0 aliphatic rings. The third kappa shape index (κ3) is 49.8. The predicted octanol–water partition coefficient (Wildman–Crippen LogP) is 17.5. The highest BCUT2D eigenvalue weighted by molar-refractivity contribution is 5.76. The van der Waals surface area contributed by atoms with Crippen LogP contribution in [-0.4, -0.2) is 47.4 Å². The molecule has 0 aliphatic carbocycles. The number of nitrogens with one attached hydrogen (secondary N) is 1. The Bertz CT molecular complexity index is 997. The van der Waals surface area contributed by atoms with Gasteiger partial charge in [0, 0.05) is 12.8 Å². The molecule has 0 aliphatic heterocycles. The Morgan fingerprint density at radius 2 is 0.781 bits per heavy atom. The van der Waals surface area contributed by atoms with E-state index in [1.165, 1.54) is 225 Å². The molecule has 378 valence electrons. The van der Waals surface area contributed by atoms with Crippen molar-refractivity contribution in [2.45, 2.75) is 321 Å². The van der Waals surface area contributed by atoms with Gasteiger partial charge in [-0.3, -0.25) is 9.59 Å². The quantitative estimate of drug-likeness (QED) is 0.0321. The van der Waals surface area contributed by atoms with Gasteiger partial charge in [-0.15, -0.1) is 0 Å². The summed E-state index contributed by atoms with van der Waals surface area (Å²) in [4.78, 5) is 24.5. The molecular formula is C58H111NO5. The predicted molar refractivity (Wildman–Crippen MR) is 278 cm³/mol. The molecule has 6 nitrogen and oxygen atoms in total. The van der Waals surface area contributed by atoms with Gasteiger partial charge in [-0.1, -0.05) is 263 Å². The first kappa shape index (κ1) is 62.3. The fraction of sp³-hybridized carbons (Fsp3) is 0.897. The van der Waals surface area contributed by atoms with E-state index < -0.39 is 12.1 Å². The second-order valence-corrected chi connectivity index (χ2v) is 19.6. The van der Waals surface area contributed by atoms with E-state index in [0.717, 1.165) is 51.4 Å². The number of carbonyl (C=O) groups is 2. The average molecular weight is 903 g/mol. The summed E-state index contributed by atoms with van der Waals surface area (Å²) in [5.74, 6) is -0.0405. The molecule has 2 atom stereocenters. The topological polar surface area (TPSA) is 95.9 Å². The molecule has 0 saturated carbocycles. The third-order valence-corrected chi connectivity index (χ3v) is 13.3. The summed E-state index contributed by atoms with van der Waals surface area (Å²) < 4.78 is 5.48. The Balaban J connectivity index is 3.38. The van der Waals surface area contributed by atoms with Gasteiger partial charge in [0.25, 0.3) is 0 Å². The van der Waals surface area contributed by atoms with Gasteiger partial charge in [-0.25, -0.2) is 0 Å². The summed E-state index contributed by atoms with van der Waals surface area (Å²) in [6.45, 7) is 4.92. The SMILES string of the molecule is CCCCCC/C=C\C/C=C\CCCCCCCC(=O)OCCCCCCCCCCCCCCCCCCCCCCC(=O)NC(CO)C(O)CCCCCCCCCCCCC. The Kier molecular flexibility index (Phi) is 52.6. The number of hydrogen-bond donors (Lipinski definition) is 3. The van der Waals surface area contributed by atoms with Gasteiger partial charge in [-0.05, 0) is 57.8 Å². The second kappa shape index (κ2) is 54.0. The van der Waals surface area contributed by atoms with Gasteiger partial charge in [0.15, 0.2) is 0 Å². The van der Waals surface area contributed by atoms with Gasteiger partial charge < -0.3 is 20.3 Å². The molecule has 0 radical (unpaired) electrons. The highest BCUT2D eigenvalue weighted by Gasteiger charge is 2.20. The van der Waals surface area contributed by atoms with Crippen LogP contribution in [0.4, 0.5) is 0 Å². The average Bonchev–Trinajstić information content (AvgIpc) is 3.29. The number of aliphatic hydroxyl groups excluding tert-OH is 2. The summed E-state index contributed by atoms with van der Waals surface area (Å²) in [5, 5.41) is 23.2. The number of carbonyl (C=O) groups excluding carboxylic acids is 2. The molecule has 2 unspecified atom stereocenters. The first-order valence-corrected chi connectivity index (χ1v) is 28.6. The maximum Gasteiger partial charge on any atom is 0.305 e. The van der Waals surface area contributed by atoms with Crippen molar-refractivity contribution < 1.29 is 24.5 Å². The third-order valence-electron chi connectivity index (χ3n) is 13.3. The molecule has 0 heterocycles. The van der Waals surface area contributed by atoms with Gasteiger partial charge in [0.05, 0.1) is 25.4 Å². The summed E-state index contributed by atoms with van der Waals surface area (Å²) in [7, 11) is 0. The molecule has 64 heavy (non-hydrogen) atoms. The van der Waals surface area contributed by atoms with E-state index in [0.29, 0.717) is 25.9 Å². The molecule has 0 saturated heterocycles. The van der Waals surface area contributed by atoms with Crippen LogP contribution < -0.4 is 5.32 Å². The number of ether oxygens (including phenoxy) is 1. The van der Waals surface area contributed by atoms with Crippen LogP contribution in [0.1, 0.15) is 309 Å². The largest absolute Gasteiger partial charge is 0.466 e. The van der Waals surface area contributed by atoms with E-state index in [1.54, 1.807) is 0 Å². The van der Waals surface area contributed by atoms with Crippen LogP contribution in [0.25, 0.3) is 0 Å². The molecule has 1 amide bonds. The highest BCUT2D eigenvalue weighted by Crippen LogP contribution is 2.17. The summed E-state index contributed by atoms with van der Waals surface area (Å²) in [5.41, 5.74) is 0. The molecule has 0 aromatic carbocycles. The molecule has 0 bridgehead atoms. The number of esters is 1. The van der Waals surface area contributed by atoms with Crippen molar-refractivity contribution in [1.29, 1.82) is 0 Å². The van der Waals surface area contributed by atoms with Crippen LogP contribution in [-0.2, 0) is 14.3 Å². The molecule has 6 heteroatoms. The lowest BCUT2D eigenvalue weighted by atomic mass is 10.0. The number of amides is 1. The minimum absolute atomic E-state index is 0.00282. The number of hydrogen-bond acceptors (Lipinski definition) is 5. The zero-order valence-corrected chi connectivity index (χ0v) is 43.0. The standard InChI is InChI=1S/C58H111NO5/c1-3-5-7-9-11-13-15-16-17-25-28-32-36-40-44-48-52-58(63)64-53-49-45-41-37-33-29-26-23-21-19-18-20-22-24-27-31-35-39-43-47-51-57(62)59-55(54-60)56(61)50-46-42-38-34-30-14-12-10-8-6-4-2/h13,15,17,25,55-56,60-61H,3-12,14,16,18-24,26-54H2,1-2H3,(H,59,62)/b15-13-,25-17-. The minimum atomic E-state index is -0.664. The van der Waals surface area contributed by atoms with E-state index in [4.69, 9.17) is 4.74 Å². The van der Waals surface area contributed by atoms with E-state index in [-0.39, 0.29) is 18.5 Å². The van der Waals surface area contributed by atoms with Crippen LogP contribution in [0.3, 0.4) is 0 Å². The maximum atomic E-state index is 12.4. The van der Waals surface area contributed by atoms with Crippen molar-refractivity contribution >= 4 is 11.9 Å². The van der Waals surface area contributed by atoms with Crippen LogP contribution >= 0.6 is 0 Å². The molecule has 0 aromatic rings. The lowest BCUT2D eigenvalue weighted by Crippen LogP contribution is -2.45. The number of aliphatic hydroxyl groups is 2. The Labute approximate surface area is 399 Å². The Morgan fingerprint density at radius 3 is 1.20 bits per heavy atom. The zero-order valence-electron chi connectivity index (χ0n) is 43.0. The van der Waals surface area contributed by atoms with Crippen LogP contribution in [0.2, 0.25) is 0 Å². The van der Waals surface area contributed by atoms with Crippen LogP contribution in [0.5, 0.6) is 0 Å². The fourth-order valence-electron chi connectivity index (χ4n) is 8.85. The number of unbranched alkanes of at least 4 members (excludes halogenated alkanes) is 38. The molecule has 0 spiro atoms. The molecule has 0 fully saturated rings. The van der Waals surface area contributed by atoms with E-state index in [2.05, 4.69) is 43.5 Å². The first-order chi connectivity index (χ1) is 31.5. The number of rotatable bonds is 53. The zero-order chi connectivity index (χ0) is 46.5. The van der Waals surface area contributed by atoms with Gasteiger partial charge in [0.2, 0.25) is 5.91 Å². The monoisotopic (exact) mass is 902 g/mol. The molecule has 0 rings (SSSR count). The minimum Gasteiger partial charge on any atom is -0.466 e. The van der Waals surface area contributed by atoms with Crippen molar-refractivity contribution in [3.63, 3.8) is 0 Å². The molecule has 0 aromatic heterocycles. The van der Waals surface area contributed by atoms with Crippen molar-refractivity contribution in [3.05, 3.63) is 24.3 Å². The van der Waals surface area contributed by atoms with Crippen LogP contribution in [0, 0.1) is 0 Å². The maximum absolute atomic E-state index is 12.4. The van der Waals surface area contributed by atoms with E-state index in [9.17, 15) is 19.8 Å². The van der Waals surface area contributed by atoms with E-state index >= 15 is 0 Å². The Morgan fingerprint density at radius 1 is 0.438 bits per heavy atom. The highest BCUT2D eigenvalue weighted by atomic mass is 16.5. The van der Waals surface area contributed by atoms with Crippen molar-refractivity contribution in [1.82, 2.24) is 5.32 Å². The van der Waals surface area contributed by atoms with Crippen molar-refractivity contribution in [3.8, 4) is 0 Å². The van der Waals surface area contributed by atoms with Crippen LogP contribution in [0.15, 0.2) is 24.3 Å². The summed E-state index contributed by atoms with van der Waals surface area (Å²) in [6.07, 6.45) is 64.5. The summed E-state index contributed by atoms with van der Waals surface area (Å²) in [6, 6.07) is -0.541. The van der Waals surface area contributed by atoms with Crippen molar-refractivity contribution in [2.75, 3.05) is 13.2 Å². The van der Waals surface area contributed by atoms with E-state index in [1.807, 2.05) is 0 Å². The second-order valence-electron chi connectivity index (χ2n) is 19.6. The fourth-order valence-corrected chi connectivity index (χ4v) is 8.85.